The first kappa shape index (κ1) is 10.0. The number of anilines is 1. The summed E-state index contributed by atoms with van der Waals surface area (Å²) in [6.07, 6.45) is 0.572. The van der Waals surface area contributed by atoms with Gasteiger partial charge in [-0.25, -0.2) is 0 Å². The molecule has 0 aliphatic carbocycles. The van der Waals surface area contributed by atoms with Crippen molar-refractivity contribution in [2.75, 3.05) is 12.3 Å². The van der Waals surface area contributed by atoms with Crippen LogP contribution in [0.4, 0.5) is 5.69 Å². The average Bonchev–Trinajstić information content (AvgIpc) is 2.10. The van der Waals surface area contributed by atoms with Gasteiger partial charge in [-0.15, -0.1) is 0 Å². The second-order valence-electron chi connectivity index (χ2n) is 3.23. The Balaban J connectivity index is 2.84. The van der Waals surface area contributed by atoms with Crippen molar-refractivity contribution in [2.45, 2.75) is 19.4 Å². The third-order valence-electron chi connectivity index (χ3n) is 2.17. The van der Waals surface area contributed by atoms with Crippen molar-refractivity contribution in [3.63, 3.8) is 0 Å². The Morgan fingerprint density at radius 3 is 2.69 bits per heavy atom. The van der Waals surface area contributed by atoms with E-state index in [0.717, 1.165) is 16.8 Å². The van der Waals surface area contributed by atoms with Gasteiger partial charge in [0, 0.05) is 18.3 Å². The highest BCUT2D eigenvalue weighted by atomic mass is 16.3. The van der Waals surface area contributed by atoms with E-state index in [4.69, 9.17) is 16.6 Å². The van der Waals surface area contributed by atoms with E-state index in [1.54, 1.807) is 0 Å². The molecule has 0 aromatic heterocycles. The van der Waals surface area contributed by atoms with E-state index in [9.17, 15) is 0 Å². The Kier molecular flexibility index (Phi) is 3.28. The molecule has 13 heavy (non-hydrogen) atoms. The molecule has 0 bridgehead atoms. The third-order valence-corrected chi connectivity index (χ3v) is 2.17. The SMILES string of the molecule is Cc1ccc([C@H](N)CCO)cc1N. The van der Waals surface area contributed by atoms with Crippen LogP contribution in [0, 0.1) is 6.92 Å². The zero-order chi connectivity index (χ0) is 9.84. The Hall–Kier alpha value is -1.06. The molecule has 0 spiro atoms. The molecule has 0 radical (unpaired) electrons. The Morgan fingerprint density at radius 1 is 1.46 bits per heavy atom. The number of aryl methyl sites for hydroxylation is 1. The van der Waals surface area contributed by atoms with E-state index in [-0.39, 0.29) is 12.6 Å². The predicted molar refractivity (Wildman–Crippen MR) is 54.2 cm³/mol. The minimum absolute atomic E-state index is 0.106. The van der Waals surface area contributed by atoms with Crippen molar-refractivity contribution in [1.82, 2.24) is 0 Å². The van der Waals surface area contributed by atoms with Crippen LogP contribution in [0.15, 0.2) is 18.2 Å². The minimum Gasteiger partial charge on any atom is -0.399 e. The molecule has 72 valence electrons. The van der Waals surface area contributed by atoms with Crippen molar-refractivity contribution in [3.05, 3.63) is 29.3 Å². The molecule has 0 saturated carbocycles. The van der Waals surface area contributed by atoms with Gasteiger partial charge < -0.3 is 16.6 Å². The number of nitrogens with two attached hydrogens (primary N) is 2. The molecule has 0 unspecified atom stereocenters. The number of hydrogen-bond donors (Lipinski definition) is 3. The van der Waals surface area contributed by atoms with Crippen LogP contribution in [-0.4, -0.2) is 11.7 Å². The first-order valence-electron chi connectivity index (χ1n) is 4.37. The monoisotopic (exact) mass is 180 g/mol. The summed E-state index contributed by atoms with van der Waals surface area (Å²) < 4.78 is 0. The molecule has 0 aliphatic heterocycles. The molecule has 1 rings (SSSR count). The van der Waals surface area contributed by atoms with Crippen LogP contribution < -0.4 is 11.5 Å². The summed E-state index contributed by atoms with van der Waals surface area (Å²) in [6, 6.07) is 5.65. The van der Waals surface area contributed by atoms with Gasteiger partial charge in [0.1, 0.15) is 0 Å². The first-order valence-corrected chi connectivity index (χ1v) is 4.37. The van der Waals surface area contributed by atoms with Gasteiger partial charge in [0.05, 0.1) is 0 Å². The lowest BCUT2D eigenvalue weighted by Crippen LogP contribution is -2.12. The molecule has 3 heteroatoms. The summed E-state index contributed by atoms with van der Waals surface area (Å²) in [5, 5.41) is 8.71. The topological polar surface area (TPSA) is 72.3 Å². The highest BCUT2D eigenvalue weighted by molar-refractivity contribution is 5.48. The summed E-state index contributed by atoms with van der Waals surface area (Å²) in [6.45, 7) is 2.06. The Morgan fingerprint density at radius 2 is 2.15 bits per heavy atom. The quantitative estimate of drug-likeness (QED) is 0.607. The van der Waals surface area contributed by atoms with Crippen LogP contribution >= 0.6 is 0 Å². The van der Waals surface area contributed by atoms with Crippen LogP contribution in [0.2, 0.25) is 0 Å². The van der Waals surface area contributed by atoms with E-state index < -0.39 is 0 Å². The number of aliphatic hydroxyl groups excluding tert-OH is 1. The van der Waals surface area contributed by atoms with E-state index in [1.807, 2.05) is 25.1 Å². The highest BCUT2D eigenvalue weighted by Gasteiger charge is 2.05. The summed E-state index contributed by atoms with van der Waals surface area (Å²) >= 11 is 0. The van der Waals surface area contributed by atoms with Gasteiger partial charge in [0.15, 0.2) is 0 Å². The Labute approximate surface area is 78.4 Å². The van der Waals surface area contributed by atoms with Gasteiger partial charge in [-0.1, -0.05) is 12.1 Å². The van der Waals surface area contributed by atoms with Crippen LogP contribution in [-0.2, 0) is 0 Å². The third kappa shape index (κ3) is 2.44. The van der Waals surface area contributed by atoms with Crippen molar-refractivity contribution in [3.8, 4) is 0 Å². The average molecular weight is 180 g/mol. The largest absolute Gasteiger partial charge is 0.399 e. The molecule has 1 aromatic rings. The summed E-state index contributed by atoms with van der Waals surface area (Å²) in [4.78, 5) is 0. The van der Waals surface area contributed by atoms with Crippen molar-refractivity contribution >= 4 is 5.69 Å². The normalized spacial score (nSPS) is 12.8. The van der Waals surface area contributed by atoms with Gasteiger partial charge in [-0.05, 0) is 30.5 Å². The molecule has 0 saturated heterocycles. The van der Waals surface area contributed by atoms with Gasteiger partial charge in [0.25, 0.3) is 0 Å². The van der Waals surface area contributed by atoms with Gasteiger partial charge >= 0.3 is 0 Å². The van der Waals surface area contributed by atoms with Crippen molar-refractivity contribution < 1.29 is 5.11 Å². The second-order valence-corrected chi connectivity index (χ2v) is 3.23. The maximum atomic E-state index is 8.71. The molecule has 3 nitrogen and oxygen atoms in total. The molecule has 0 heterocycles. The van der Waals surface area contributed by atoms with E-state index >= 15 is 0 Å². The maximum absolute atomic E-state index is 8.71. The standard InChI is InChI=1S/C10H16N2O/c1-7-2-3-8(6-10(7)12)9(11)4-5-13/h2-3,6,9,13H,4-5,11-12H2,1H3/t9-/m1/s1. The van der Waals surface area contributed by atoms with Crippen molar-refractivity contribution in [2.24, 2.45) is 5.73 Å². The lowest BCUT2D eigenvalue weighted by Gasteiger charge is -2.11. The minimum atomic E-state index is -0.118. The summed E-state index contributed by atoms with van der Waals surface area (Å²) in [7, 11) is 0. The number of hydrogen-bond acceptors (Lipinski definition) is 3. The number of rotatable bonds is 3. The number of nitrogen functional groups attached to an aromatic ring is 1. The molecule has 1 atom stereocenters. The Bertz CT molecular complexity index is 286. The second kappa shape index (κ2) is 4.25. The fraction of sp³-hybridized carbons (Fsp3) is 0.400. The first-order chi connectivity index (χ1) is 6.15. The van der Waals surface area contributed by atoms with Crippen LogP contribution in [0.25, 0.3) is 0 Å². The fourth-order valence-corrected chi connectivity index (χ4v) is 1.20. The van der Waals surface area contributed by atoms with Gasteiger partial charge in [-0.3, -0.25) is 0 Å². The zero-order valence-corrected chi connectivity index (χ0v) is 7.83. The van der Waals surface area contributed by atoms with E-state index in [1.165, 1.54) is 0 Å². The zero-order valence-electron chi connectivity index (χ0n) is 7.83. The van der Waals surface area contributed by atoms with Crippen LogP contribution in [0.3, 0.4) is 0 Å². The molecule has 1 aromatic carbocycles. The van der Waals surface area contributed by atoms with Crippen LogP contribution in [0.1, 0.15) is 23.6 Å². The lowest BCUT2D eigenvalue weighted by atomic mass is 10.0. The van der Waals surface area contributed by atoms with Gasteiger partial charge in [-0.2, -0.15) is 0 Å². The molecular formula is C10H16N2O. The molecule has 0 aliphatic rings. The van der Waals surface area contributed by atoms with Crippen LogP contribution in [0.5, 0.6) is 0 Å². The summed E-state index contributed by atoms with van der Waals surface area (Å²) in [5.41, 5.74) is 14.3. The predicted octanol–water partition coefficient (Wildman–Crippen LogP) is 0.959. The lowest BCUT2D eigenvalue weighted by molar-refractivity contribution is 0.276. The van der Waals surface area contributed by atoms with Gasteiger partial charge in [0.2, 0.25) is 0 Å². The molecule has 0 fully saturated rings. The summed E-state index contributed by atoms with van der Waals surface area (Å²) in [5.74, 6) is 0. The van der Waals surface area contributed by atoms with Crippen molar-refractivity contribution in [1.29, 1.82) is 0 Å². The van der Waals surface area contributed by atoms with E-state index in [2.05, 4.69) is 0 Å². The molecule has 0 amide bonds. The smallest absolute Gasteiger partial charge is 0.0449 e. The highest BCUT2D eigenvalue weighted by Crippen LogP contribution is 2.19. The maximum Gasteiger partial charge on any atom is 0.0449 e. The molecular weight excluding hydrogens is 164 g/mol. The molecule has 5 N–H and O–H groups in total. The fourth-order valence-electron chi connectivity index (χ4n) is 1.20. The van der Waals surface area contributed by atoms with E-state index in [0.29, 0.717) is 6.42 Å². The number of benzene rings is 1. The number of aliphatic hydroxyl groups is 1.